The first-order valence-corrected chi connectivity index (χ1v) is 6.73. The number of rotatable bonds is 4. The van der Waals surface area contributed by atoms with Gasteiger partial charge in [0.25, 0.3) is 10.0 Å². The van der Waals surface area contributed by atoms with Gasteiger partial charge in [-0.3, -0.25) is 9.78 Å². The van der Waals surface area contributed by atoms with E-state index in [-0.39, 0.29) is 16.6 Å². The zero-order valence-electron chi connectivity index (χ0n) is 9.70. The lowest BCUT2D eigenvalue weighted by Crippen LogP contribution is -2.29. The Labute approximate surface area is 109 Å². The average Bonchev–Trinajstić information content (AvgIpc) is 2.89. The van der Waals surface area contributed by atoms with Crippen LogP contribution in [0.2, 0.25) is 5.02 Å². The van der Waals surface area contributed by atoms with Gasteiger partial charge < -0.3 is 0 Å². The molecule has 0 amide bonds. The highest BCUT2D eigenvalue weighted by atomic mass is 35.5. The molecule has 0 spiro atoms. The Hall–Kier alpha value is -1.45. The zero-order chi connectivity index (χ0) is 13.3. The van der Waals surface area contributed by atoms with E-state index in [9.17, 15) is 8.42 Å². The summed E-state index contributed by atoms with van der Waals surface area (Å²) in [7, 11) is -0.772. The second-order valence-corrected chi connectivity index (χ2v) is 5.98. The molecule has 8 nitrogen and oxygen atoms in total. The fourth-order valence-electron chi connectivity index (χ4n) is 1.44. The number of hydrogen-bond acceptors (Lipinski definition) is 5. The van der Waals surface area contributed by atoms with E-state index in [2.05, 4.69) is 20.3 Å². The first-order valence-electron chi connectivity index (χ1n) is 4.91. The Morgan fingerprint density at radius 1 is 1.56 bits per heavy atom. The van der Waals surface area contributed by atoms with E-state index < -0.39 is 10.0 Å². The van der Waals surface area contributed by atoms with Crippen molar-refractivity contribution in [2.24, 2.45) is 7.05 Å². The van der Waals surface area contributed by atoms with Crippen molar-refractivity contribution in [3.8, 4) is 0 Å². The fraction of sp³-hybridized carbons (Fsp3) is 0.375. The van der Waals surface area contributed by atoms with Crippen molar-refractivity contribution in [1.29, 1.82) is 0 Å². The summed E-state index contributed by atoms with van der Waals surface area (Å²) >= 11 is 5.83. The standard InChI is InChI=1S/C8H11ClN6O2S/c1-14(4-7-10-5-11-13-7)18(16,17)8-6(9)3-12-15(8)2/h3,5H,4H2,1-2H3,(H,10,11,13). The normalized spacial score (nSPS) is 12.2. The van der Waals surface area contributed by atoms with Crippen molar-refractivity contribution in [1.82, 2.24) is 29.3 Å². The highest BCUT2D eigenvalue weighted by molar-refractivity contribution is 7.89. The number of nitrogens with zero attached hydrogens (tertiary/aromatic N) is 5. The summed E-state index contributed by atoms with van der Waals surface area (Å²) in [4.78, 5) is 3.87. The van der Waals surface area contributed by atoms with Gasteiger partial charge in [-0.25, -0.2) is 13.4 Å². The molecule has 0 aliphatic carbocycles. The summed E-state index contributed by atoms with van der Waals surface area (Å²) in [6, 6.07) is 0. The lowest BCUT2D eigenvalue weighted by atomic mass is 10.6. The van der Waals surface area contributed by atoms with Gasteiger partial charge in [0.05, 0.1) is 17.8 Å². The number of aromatic amines is 1. The van der Waals surface area contributed by atoms with E-state index in [1.54, 1.807) is 0 Å². The quantitative estimate of drug-likeness (QED) is 0.856. The van der Waals surface area contributed by atoms with Crippen LogP contribution in [0.3, 0.4) is 0 Å². The molecule has 0 atom stereocenters. The van der Waals surface area contributed by atoms with Crippen LogP contribution in [-0.4, -0.2) is 44.7 Å². The van der Waals surface area contributed by atoms with Crippen molar-refractivity contribution >= 4 is 21.6 Å². The van der Waals surface area contributed by atoms with Crippen molar-refractivity contribution in [2.45, 2.75) is 11.6 Å². The summed E-state index contributed by atoms with van der Waals surface area (Å²) < 4.78 is 26.9. The van der Waals surface area contributed by atoms with Gasteiger partial charge in [-0.05, 0) is 0 Å². The maximum Gasteiger partial charge on any atom is 0.261 e. The highest BCUT2D eigenvalue weighted by Crippen LogP contribution is 2.23. The smallest absolute Gasteiger partial charge is 0.261 e. The first-order chi connectivity index (χ1) is 8.43. The van der Waals surface area contributed by atoms with Crippen LogP contribution in [0, 0.1) is 0 Å². The molecule has 98 valence electrons. The Morgan fingerprint density at radius 2 is 2.28 bits per heavy atom. The molecule has 0 saturated carbocycles. The molecule has 0 saturated heterocycles. The van der Waals surface area contributed by atoms with E-state index in [0.29, 0.717) is 5.82 Å². The largest absolute Gasteiger partial charge is 0.262 e. The third kappa shape index (κ3) is 2.24. The number of nitrogens with one attached hydrogen (secondary N) is 1. The minimum Gasteiger partial charge on any atom is -0.262 e. The zero-order valence-corrected chi connectivity index (χ0v) is 11.3. The lowest BCUT2D eigenvalue weighted by Gasteiger charge is -2.15. The summed E-state index contributed by atoms with van der Waals surface area (Å²) in [5, 5.41) is 10.1. The summed E-state index contributed by atoms with van der Waals surface area (Å²) in [5.74, 6) is 0.444. The van der Waals surface area contributed by atoms with Crippen molar-refractivity contribution in [3.63, 3.8) is 0 Å². The van der Waals surface area contributed by atoms with Crippen LogP contribution < -0.4 is 0 Å². The van der Waals surface area contributed by atoms with E-state index in [4.69, 9.17) is 11.6 Å². The van der Waals surface area contributed by atoms with Gasteiger partial charge in [0.2, 0.25) is 0 Å². The predicted molar refractivity (Wildman–Crippen MR) is 63.3 cm³/mol. The van der Waals surface area contributed by atoms with Crippen LogP contribution in [0.5, 0.6) is 0 Å². The van der Waals surface area contributed by atoms with E-state index in [1.165, 1.54) is 31.3 Å². The van der Waals surface area contributed by atoms with Crippen LogP contribution in [0.25, 0.3) is 0 Å². The van der Waals surface area contributed by atoms with Crippen molar-refractivity contribution < 1.29 is 8.42 Å². The van der Waals surface area contributed by atoms with E-state index in [0.717, 1.165) is 4.31 Å². The van der Waals surface area contributed by atoms with Gasteiger partial charge in [0.1, 0.15) is 12.2 Å². The van der Waals surface area contributed by atoms with Crippen LogP contribution >= 0.6 is 11.6 Å². The number of aromatic nitrogens is 5. The Kier molecular flexibility index (Phi) is 3.37. The van der Waals surface area contributed by atoms with Crippen molar-refractivity contribution in [3.05, 3.63) is 23.4 Å². The van der Waals surface area contributed by atoms with Gasteiger partial charge in [0.15, 0.2) is 5.03 Å². The molecule has 2 heterocycles. The molecule has 0 unspecified atom stereocenters. The second-order valence-electron chi connectivity index (χ2n) is 3.61. The second kappa shape index (κ2) is 4.67. The maximum atomic E-state index is 12.3. The number of aryl methyl sites for hydroxylation is 1. The predicted octanol–water partition coefficient (Wildman–Crippen LogP) is 0.0123. The van der Waals surface area contributed by atoms with Crippen molar-refractivity contribution in [2.75, 3.05) is 7.05 Å². The molecular weight excluding hydrogens is 280 g/mol. The monoisotopic (exact) mass is 290 g/mol. The minimum absolute atomic E-state index is 0.0498. The molecule has 0 radical (unpaired) electrons. The fourth-order valence-corrected chi connectivity index (χ4v) is 3.17. The molecule has 2 rings (SSSR count). The minimum atomic E-state index is -3.72. The molecule has 10 heteroatoms. The van der Waals surface area contributed by atoms with Crippen LogP contribution in [0.4, 0.5) is 0 Å². The topological polar surface area (TPSA) is 96.8 Å². The average molecular weight is 291 g/mol. The summed E-state index contributed by atoms with van der Waals surface area (Å²) in [6.45, 7) is 0.0733. The summed E-state index contributed by atoms with van der Waals surface area (Å²) in [6.07, 6.45) is 2.60. The third-order valence-electron chi connectivity index (χ3n) is 2.33. The number of hydrogen-bond donors (Lipinski definition) is 1. The van der Waals surface area contributed by atoms with Crippen LogP contribution in [0.1, 0.15) is 5.82 Å². The highest BCUT2D eigenvalue weighted by Gasteiger charge is 2.28. The molecule has 2 aromatic rings. The number of halogens is 1. The molecule has 0 aliphatic heterocycles. The molecule has 18 heavy (non-hydrogen) atoms. The Morgan fingerprint density at radius 3 is 2.78 bits per heavy atom. The number of sulfonamides is 1. The molecule has 0 fully saturated rings. The third-order valence-corrected chi connectivity index (χ3v) is 4.65. The molecule has 0 aliphatic rings. The molecular formula is C8H11ClN6O2S. The van der Waals surface area contributed by atoms with Gasteiger partial charge >= 0.3 is 0 Å². The molecule has 2 aromatic heterocycles. The van der Waals surface area contributed by atoms with Crippen LogP contribution in [0.15, 0.2) is 17.6 Å². The molecule has 0 aromatic carbocycles. The van der Waals surface area contributed by atoms with E-state index >= 15 is 0 Å². The first kappa shape index (κ1) is 13.0. The van der Waals surface area contributed by atoms with Crippen LogP contribution in [-0.2, 0) is 23.6 Å². The SMILES string of the molecule is CN(Cc1ncn[nH]1)S(=O)(=O)c1c(Cl)cnn1C. The molecule has 0 bridgehead atoms. The van der Waals surface area contributed by atoms with E-state index in [1.807, 2.05) is 0 Å². The Balaban J connectivity index is 2.32. The maximum absolute atomic E-state index is 12.3. The molecule has 1 N–H and O–H groups in total. The van der Waals surface area contributed by atoms with Gasteiger partial charge in [-0.15, -0.1) is 0 Å². The Bertz CT molecular complexity index is 615. The summed E-state index contributed by atoms with van der Waals surface area (Å²) in [5.41, 5.74) is 0. The lowest BCUT2D eigenvalue weighted by molar-refractivity contribution is 0.449. The van der Waals surface area contributed by atoms with Gasteiger partial charge in [-0.2, -0.15) is 14.5 Å². The van der Waals surface area contributed by atoms with Gasteiger partial charge in [0, 0.05) is 14.1 Å². The number of H-pyrrole nitrogens is 1. The van der Waals surface area contributed by atoms with Gasteiger partial charge in [-0.1, -0.05) is 11.6 Å².